The minimum absolute atomic E-state index is 0.210. The van der Waals surface area contributed by atoms with E-state index in [1.54, 1.807) is 6.07 Å². The molecule has 0 spiro atoms. The largest absolute Gasteiger partial charge is 0.308 e. The smallest absolute Gasteiger partial charge is 0.146 e. The van der Waals surface area contributed by atoms with E-state index in [-0.39, 0.29) is 5.82 Å². The fraction of sp³-hybridized carbons (Fsp3) is 0.476. The lowest BCUT2D eigenvalue weighted by Gasteiger charge is -2.25. The van der Waals surface area contributed by atoms with E-state index in [1.165, 1.54) is 11.1 Å². The molecule has 2 nitrogen and oxygen atoms in total. The number of benzene rings is 1. The lowest BCUT2D eigenvalue weighted by atomic mass is 9.82. The Balaban J connectivity index is 1.74. The SMILES string of the molecule is CC(C)[C@@H](C)NCc1nc(C2CCc3ccccc3C2)ccc1F. The summed E-state index contributed by atoms with van der Waals surface area (Å²) in [5.41, 5.74) is 4.43. The van der Waals surface area contributed by atoms with Crippen molar-refractivity contribution in [2.75, 3.05) is 0 Å². The Morgan fingerprint density at radius 3 is 2.62 bits per heavy atom. The Hall–Kier alpha value is -1.74. The molecule has 1 heterocycles. The van der Waals surface area contributed by atoms with Gasteiger partial charge in [0, 0.05) is 24.2 Å². The van der Waals surface area contributed by atoms with E-state index in [4.69, 9.17) is 0 Å². The summed E-state index contributed by atoms with van der Waals surface area (Å²) >= 11 is 0. The number of halogens is 1. The second kappa shape index (κ2) is 7.43. The second-order valence-electron chi connectivity index (χ2n) is 7.29. The Bertz CT molecular complexity index is 696. The van der Waals surface area contributed by atoms with Crippen LogP contribution in [0.25, 0.3) is 0 Å². The molecule has 1 aromatic carbocycles. The van der Waals surface area contributed by atoms with Crippen LogP contribution >= 0.6 is 0 Å². The van der Waals surface area contributed by atoms with E-state index < -0.39 is 0 Å². The van der Waals surface area contributed by atoms with Gasteiger partial charge in [-0.1, -0.05) is 38.1 Å². The van der Waals surface area contributed by atoms with Crippen molar-refractivity contribution in [3.05, 3.63) is 64.7 Å². The van der Waals surface area contributed by atoms with Gasteiger partial charge in [-0.25, -0.2) is 4.39 Å². The van der Waals surface area contributed by atoms with Crippen molar-refractivity contribution in [3.63, 3.8) is 0 Å². The number of pyridine rings is 1. The lowest BCUT2D eigenvalue weighted by Crippen LogP contribution is -2.31. The van der Waals surface area contributed by atoms with Crippen molar-refractivity contribution in [1.29, 1.82) is 0 Å². The molecular weight excluding hydrogens is 299 g/mol. The van der Waals surface area contributed by atoms with Crippen LogP contribution in [0, 0.1) is 11.7 Å². The molecule has 2 aromatic rings. The molecule has 0 fully saturated rings. The van der Waals surface area contributed by atoms with E-state index in [1.807, 2.05) is 6.07 Å². The summed E-state index contributed by atoms with van der Waals surface area (Å²) in [7, 11) is 0. The van der Waals surface area contributed by atoms with Gasteiger partial charge < -0.3 is 5.32 Å². The normalized spacial score (nSPS) is 18.5. The number of hydrogen-bond donors (Lipinski definition) is 1. The summed E-state index contributed by atoms with van der Waals surface area (Å²) in [5, 5.41) is 3.38. The molecule has 3 heteroatoms. The van der Waals surface area contributed by atoms with Gasteiger partial charge in [-0.05, 0) is 55.4 Å². The van der Waals surface area contributed by atoms with Crippen LogP contribution in [-0.2, 0) is 19.4 Å². The van der Waals surface area contributed by atoms with E-state index >= 15 is 0 Å². The van der Waals surface area contributed by atoms with Crippen molar-refractivity contribution in [2.24, 2.45) is 5.92 Å². The first-order chi connectivity index (χ1) is 11.5. The van der Waals surface area contributed by atoms with Crippen LogP contribution in [0.15, 0.2) is 36.4 Å². The summed E-state index contributed by atoms with van der Waals surface area (Å²) in [6.07, 6.45) is 3.17. The first-order valence-corrected chi connectivity index (χ1v) is 9.00. The molecule has 1 aliphatic rings. The van der Waals surface area contributed by atoms with E-state index in [0.29, 0.717) is 30.1 Å². The molecule has 3 rings (SSSR count). The minimum Gasteiger partial charge on any atom is -0.308 e. The summed E-state index contributed by atoms with van der Waals surface area (Å²) in [5.74, 6) is 0.700. The zero-order chi connectivity index (χ0) is 17.1. The maximum atomic E-state index is 14.1. The highest BCUT2D eigenvalue weighted by Crippen LogP contribution is 2.32. The predicted octanol–water partition coefficient (Wildman–Crippen LogP) is 4.63. The molecule has 1 aliphatic carbocycles. The monoisotopic (exact) mass is 326 g/mol. The van der Waals surface area contributed by atoms with Gasteiger partial charge >= 0.3 is 0 Å². The topological polar surface area (TPSA) is 24.9 Å². The number of aromatic nitrogens is 1. The van der Waals surface area contributed by atoms with E-state index in [0.717, 1.165) is 25.0 Å². The molecule has 1 N–H and O–H groups in total. The molecule has 0 radical (unpaired) electrons. The molecule has 128 valence electrons. The highest BCUT2D eigenvalue weighted by Gasteiger charge is 2.22. The van der Waals surface area contributed by atoms with Crippen LogP contribution in [0.5, 0.6) is 0 Å². The van der Waals surface area contributed by atoms with Gasteiger partial charge in [-0.2, -0.15) is 0 Å². The standard InChI is InChI=1S/C21H27FN2/c1-14(2)15(3)23-13-21-19(22)10-11-20(24-21)18-9-8-16-6-4-5-7-17(16)12-18/h4-7,10-11,14-15,18,23H,8-9,12-13H2,1-3H3/t15-,18?/m1/s1. The van der Waals surface area contributed by atoms with Crippen molar-refractivity contribution in [1.82, 2.24) is 10.3 Å². The molecule has 0 aliphatic heterocycles. The highest BCUT2D eigenvalue weighted by molar-refractivity contribution is 5.32. The van der Waals surface area contributed by atoms with Crippen LogP contribution in [0.4, 0.5) is 4.39 Å². The van der Waals surface area contributed by atoms with Crippen molar-refractivity contribution in [2.45, 2.75) is 58.5 Å². The van der Waals surface area contributed by atoms with Crippen molar-refractivity contribution < 1.29 is 4.39 Å². The van der Waals surface area contributed by atoms with Crippen LogP contribution < -0.4 is 5.32 Å². The van der Waals surface area contributed by atoms with Crippen molar-refractivity contribution in [3.8, 4) is 0 Å². The third-order valence-electron chi connectivity index (χ3n) is 5.30. The fourth-order valence-electron chi connectivity index (χ4n) is 3.30. The van der Waals surface area contributed by atoms with Crippen LogP contribution in [-0.4, -0.2) is 11.0 Å². The Morgan fingerprint density at radius 2 is 1.88 bits per heavy atom. The molecule has 1 unspecified atom stereocenters. The lowest BCUT2D eigenvalue weighted by molar-refractivity contribution is 0.417. The fourth-order valence-corrected chi connectivity index (χ4v) is 3.30. The zero-order valence-corrected chi connectivity index (χ0v) is 14.8. The number of nitrogens with zero attached hydrogens (tertiary/aromatic N) is 1. The quantitative estimate of drug-likeness (QED) is 0.866. The van der Waals surface area contributed by atoms with Crippen LogP contribution in [0.1, 0.15) is 55.6 Å². The third-order valence-corrected chi connectivity index (χ3v) is 5.30. The molecule has 0 saturated carbocycles. The molecule has 0 bridgehead atoms. The predicted molar refractivity (Wildman–Crippen MR) is 96.5 cm³/mol. The van der Waals surface area contributed by atoms with E-state index in [2.05, 4.69) is 55.3 Å². The molecule has 24 heavy (non-hydrogen) atoms. The van der Waals surface area contributed by atoms with Gasteiger partial charge in [0.25, 0.3) is 0 Å². The number of fused-ring (bicyclic) bond motifs is 1. The highest BCUT2D eigenvalue weighted by atomic mass is 19.1. The average Bonchev–Trinajstić information content (AvgIpc) is 2.60. The molecule has 1 aromatic heterocycles. The number of aryl methyl sites for hydroxylation is 1. The summed E-state index contributed by atoms with van der Waals surface area (Å²) in [6, 6.07) is 12.4. The Kier molecular flexibility index (Phi) is 5.30. The molecule has 0 amide bonds. The summed E-state index contributed by atoms with van der Waals surface area (Å²) < 4.78 is 14.1. The van der Waals surface area contributed by atoms with E-state index in [9.17, 15) is 4.39 Å². The van der Waals surface area contributed by atoms with Gasteiger partial charge in [0.1, 0.15) is 5.82 Å². The van der Waals surface area contributed by atoms with Gasteiger partial charge in [0.2, 0.25) is 0 Å². The average molecular weight is 326 g/mol. The van der Waals surface area contributed by atoms with Gasteiger partial charge in [0.15, 0.2) is 0 Å². The van der Waals surface area contributed by atoms with Crippen LogP contribution in [0.3, 0.4) is 0 Å². The first kappa shape index (κ1) is 17.1. The molecule has 2 atom stereocenters. The maximum absolute atomic E-state index is 14.1. The summed E-state index contributed by atoms with van der Waals surface area (Å²) in [4.78, 5) is 4.66. The van der Waals surface area contributed by atoms with Gasteiger partial charge in [0.05, 0.1) is 5.69 Å². The number of nitrogens with one attached hydrogen (secondary N) is 1. The Morgan fingerprint density at radius 1 is 1.12 bits per heavy atom. The maximum Gasteiger partial charge on any atom is 0.146 e. The molecular formula is C21H27FN2. The zero-order valence-electron chi connectivity index (χ0n) is 14.8. The number of rotatable bonds is 5. The minimum atomic E-state index is -0.210. The van der Waals surface area contributed by atoms with Crippen LogP contribution in [0.2, 0.25) is 0 Å². The summed E-state index contributed by atoms with van der Waals surface area (Å²) in [6.45, 7) is 6.95. The van der Waals surface area contributed by atoms with Crippen molar-refractivity contribution >= 4 is 0 Å². The van der Waals surface area contributed by atoms with Gasteiger partial charge in [-0.15, -0.1) is 0 Å². The number of hydrogen-bond acceptors (Lipinski definition) is 2. The third kappa shape index (κ3) is 3.84. The first-order valence-electron chi connectivity index (χ1n) is 9.00. The molecule has 0 saturated heterocycles. The second-order valence-corrected chi connectivity index (χ2v) is 7.29. The van der Waals surface area contributed by atoms with Gasteiger partial charge in [-0.3, -0.25) is 4.98 Å². The Labute approximate surface area is 144 Å².